The second kappa shape index (κ2) is 5.52. The molecule has 0 aromatic rings. The smallest absolute Gasteiger partial charge is 0.323 e. The zero-order valence-corrected chi connectivity index (χ0v) is 6.23. The van der Waals surface area contributed by atoms with Gasteiger partial charge in [0.25, 0.3) is 0 Å². The Labute approximate surface area is 63.9 Å². The molecule has 0 aliphatic rings. The molecule has 0 spiro atoms. The second-order valence-corrected chi connectivity index (χ2v) is 1.77. The fourth-order valence-corrected chi connectivity index (χ4v) is 0.448. The van der Waals surface area contributed by atoms with E-state index in [0.717, 1.165) is 0 Å². The molecule has 1 unspecified atom stereocenters. The van der Waals surface area contributed by atoms with Crippen molar-refractivity contribution in [3.63, 3.8) is 0 Å². The van der Waals surface area contributed by atoms with Gasteiger partial charge in [-0.05, 0) is 12.5 Å². The number of rotatable bonds is 4. The molecule has 0 fully saturated rings. The monoisotopic (exact) mass is 158 g/mol. The number of nitrogens with two attached hydrogens (primary N) is 1. The van der Waals surface area contributed by atoms with Crippen LogP contribution in [0.25, 0.3) is 10.4 Å². The Hall–Kier alpha value is -1.26. The van der Waals surface area contributed by atoms with Crippen LogP contribution in [0.15, 0.2) is 5.11 Å². The molecule has 0 heterocycles. The number of carbonyl (C=O) groups is 1. The van der Waals surface area contributed by atoms with E-state index in [1.165, 1.54) is 0 Å². The number of esters is 1. The molecule has 0 aromatic heterocycles. The van der Waals surface area contributed by atoms with E-state index in [1.54, 1.807) is 6.92 Å². The molecule has 1 atom stereocenters. The maximum Gasteiger partial charge on any atom is 0.323 e. The van der Waals surface area contributed by atoms with Crippen LogP contribution in [0.1, 0.15) is 6.92 Å². The van der Waals surface area contributed by atoms with E-state index < -0.39 is 12.0 Å². The van der Waals surface area contributed by atoms with Crippen LogP contribution < -0.4 is 5.73 Å². The van der Waals surface area contributed by atoms with E-state index in [1.807, 2.05) is 0 Å². The van der Waals surface area contributed by atoms with Crippen LogP contribution in [0.4, 0.5) is 0 Å². The van der Waals surface area contributed by atoms with E-state index in [-0.39, 0.29) is 13.2 Å². The van der Waals surface area contributed by atoms with E-state index in [0.29, 0.717) is 0 Å². The lowest BCUT2D eigenvalue weighted by molar-refractivity contribution is -0.144. The van der Waals surface area contributed by atoms with E-state index >= 15 is 0 Å². The first-order valence-electron chi connectivity index (χ1n) is 3.15. The maximum atomic E-state index is 10.7. The standard InChI is InChI=1S/C5H10N4O2/c1-2-11-5(10)4(6)3-8-9-7/h4H,2-3,6H2,1H3. The van der Waals surface area contributed by atoms with Gasteiger partial charge in [0.15, 0.2) is 0 Å². The van der Waals surface area contributed by atoms with Crippen molar-refractivity contribution in [2.45, 2.75) is 13.0 Å². The molecule has 0 rings (SSSR count). The molecule has 0 aromatic carbocycles. The van der Waals surface area contributed by atoms with Gasteiger partial charge in [-0.15, -0.1) is 0 Å². The SMILES string of the molecule is CCOC(=O)C(N)CN=[N+]=[N-]. The van der Waals surface area contributed by atoms with Crippen molar-refractivity contribution in [3.8, 4) is 0 Å². The molecule has 0 saturated carbocycles. The average Bonchev–Trinajstić information content (AvgIpc) is 2.00. The Morgan fingerprint density at radius 3 is 3.00 bits per heavy atom. The Morgan fingerprint density at radius 1 is 1.91 bits per heavy atom. The molecule has 6 nitrogen and oxygen atoms in total. The zero-order valence-electron chi connectivity index (χ0n) is 6.23. The predicted molar refractivity (Wildman–Crippen MR) is 38.6 cm³/mol. The van der Waals surface area contributed by atoms with E-state index in [4.69, 9.17) is 11.3 Å². The summed E-state index contributed by atoms with van der Waals surface area (Å²) in [6.07, 6.45) is 0. The van der Waals surface area contributed by atoms with Crippen LogP contribution in [-0.2, 0) is 9.53 Å². The lowest BCUT2D eigenvalue weighted by Crippen LogP contribution is -2.34. The molecule has 11 heavy (non-hydrogen) atoms. The summed E-state index contributed by atoms with van der Waals surface area (Å²) in [6.45, 7) is 1.90. The van der Waals surface area contributed by atoms with Gasteiger partial charge in [-0.25, -0.2) is 0 Å². The third-order valence-corrected chi connectivity index (χ3v) is 0.931. The summed E-state index contributed by atoms with van der Waals surface area (Å²) in [7, 11) is 0. The minimum absolute atomic E-state index is 0.0602. The van der Waals surface area contributed by atoms with Crippen molar-refractivity contribution in [2.75, 3.05) is 13.2 Å². The fourth-order valence-electron chi connectivity index (χ4n) is 0.448. The van der Waals surface area contributed by atoms with Crippen molar-refractivity contribution in [1.82, 2.24) is 0 Å². The lowest BCUT2D eigenvalue weighted by Gasteiger charge is -2.05. The van der Waals surface area contributed by atoms with Gasteiger partial charge in [-0.3, -0.25) is 4.79 Å². The van der Waals surface area contributed by atoms with Gasteiger partial charge in [-0.1, -0.05) is 5.11 Å². The molecule has 0 aliphatic carbocycles. The van der Waals surface area contributed by atoms with Gasteiger partial charge in [0.2, 0.25) is 0 Å². The molecule has 62 valence electrons. The molecule has 0 bridgehead atoms. The van der Waals surface area contributed by atoms with Crippen LogP contribution in [0.2, 0.25) is 0 Å². The van der Waals surface area contributed by atoms with Gasteiger partial charge in [-0.2, -0.15) is 0 Å². The van der Waals surface area contributed by atoms with Crippen molar-refractivity contribution in [1.29, 1.82) is 0 Å². The second-order valence-electron chi connectivity index (χ2n) is 1.77. The molecule has 2 N–H and O–H groups in total. The molecular weight excluding hydrogens is 148 g/mol. The van der Waals surface area contributed by atoms with Gasteiger partial charge in [0.1, 0.15) is 6.04 Å². The van der Waals surface area contributed by atoms with Crippen LogP contribution in [0.3, 0.4) is 0 Å². The third-order valence-electron chi connectivity index (χ3n) is 0.931. The van der Waals surface area contributed by atoms with Crippen LogP contribution in [-0.4, -0.2) is 25.2 Å². The van der Waals surface area contributed by atoms with Crippen molar-refractivity contribution in [2.24, 2.45) is 10.8 Å². The van der Waals surface area contributed by atoms with Gasteiger partial charge < -0.3 is 10.5 Å². The van der Waals surface area contributed by atoms with E-state index in [9.17, 15) is 4.79 Å². The first-order valence-corrected chi connectivity index (χ1v) is 3.15. The first kappa shape index (κ1) is 9.74. The molecule has 0 radical (unpaired) electrons. The Morgan fingerprint density at radius 2 is 2.55 bits per heavy atom. The highest BCUT2D eigenvalue weighted by molar-refractivity contribution is 5.75. The number of ether oxygens (including phenoxy) is 1. The number of hydrogen-bond donors (Lipinski definition) is 1. The molecule has 0 amide bonds. The Kier molecular flexibility index (Phi) is 4.89. The molecule has 6 heteroatoms. The minimum Gasteiger partial charge on any atom is -0.465 e. The summed E-state index contributed by atoms with van der Waals surface area (Å²) in [5.74, 6) is -0.542. The quantitative estimate of drug-likeness (QED) is 0.273. The lowest BCUT2D eigenvalue weighted by atomic mass is 10.3. The fraction of sp³-hybridized carbons (Fsp3) is 0.800. The Bertz CT molecular complexity index is 175. The van der Waals surface area contributed by atoms with Crippen LogP contribution in [0.5, 0.6) is 0 Å². The minimum atomic E-state index is -0.842. The Balaban J connectivity index is 3.72. The highest BCUT2D eigenvalue weighted by atomic mass is 16.5. The first-order chi connectivity index (χ1) is 5.22. The molecule has 0 aliphatic heterocycles. The van der Waals surface area contributed by atoms with E-state index in [2.05, 4.69) is 14.8 Å². The highest BCUT2D eigenvalue weighted by Crippen LogP contribution is 1.86. The van der Waals surface area contributed by atoms with Crippen molar-refractivity contribution >= 4 is 5.97 Å². The number of carbonyl (C=O) groups excluding carboxylic acids is 1. The van der Waals surface area contributed by atoms with Gasteiger partial charge >= 0.3 is 5.97 Å². The maximum absolute atomic E-state index is 10.7. The summed E-state index contributed by atoms with van der Waals surface area (Å²) in [4.78, 5) is 13.2. The molecular formula is C5H10N4O2. The molecule has 0 saturated heterocycles. The summed E-state index contributed by atoms with van der Waals surface area (Å²) in [5, 5.41) is 3.13. The topological polar surface area (TPSA) is 101 Å². The zero-order chi connectivity index (χ0) is 8.69. The summed E-state index contributed by atoms with van der Waals surface area (Å²) < 4.78 is 4.55. The largest absolute Gasteiger partial charge is 0.465 e. The van der Waals surface area contributed by atoms with Crippen molar-refractivity contribution in [3.05, 3.63) is 10.4 Å². The van der Waals surface area contributed by atoms with Crippen LogP contribution >= 0.6 is 0 Å². The number of hydrogen-bond acceptors (Lipinski definition) is 4. The van der Waals surface area contributed by atoms with Crippen LogP contribution in [0, 0.1) is 0 Å². The number of nitrogens with zero attached hydrogens (tertiary/aromatic N) is 3. The normalized spacial score (nSPS) is 11.5. The number of azide groups is 1. The summed E-state index contributed by atoms with van der Waals surface area (Å²) in [5.41, 5.74) is 13.1. The predicted octanol–water partition coefficient (Wildman–Crippen LogP) is 0.187. The average molecular weight is 158 g/mol. The third kappa shape index (κ3) is 4.19. The van der Waals surface area contributed by atoms with Crippen molar-refractivity contribution < 1.29 is 9.53 Å². The summed E-state index contributed by atoms with van der Waals surface area (Å²) in [6, 6.07) is -0.842. The summed E-state index contributed by atoms with van der Waals surface area (Å²) >= 11 is 0. The van der Waals surface area contributed by atoms with Gasteiger partial charge in [0, 0.05) is 4.91 Å². The highest BCUT2D eigenvalue weighted by Gasteiger charge is 2.12. The van der Waals surface area contributed by atoms with Gasteiger partial charge in [0.05, 0.1) is 13.2 Å².